The maximum Gasteiger partial charge on any atom is 0.231 e. The van der Waals surface area contributed by atoms with Crippen LogP contribution in [0.15, 0.2) is 61.4 Å². The molecule has 1 aliphatic heterocycles. The Balaban J connectivity index is 1.28. The molecule has 0 aliphatic carbocycles. The van der Waals surface area contributed by atoms with Gasteiger partial charge < -0.3 is 20.1 Å². The van der Waals surface area contributed by atoms with Crippen molar-refractivity contribution in [2.45, 2.75) is 0 Å². The molecule has 5 heterocycles. The highest BCUT2D eigenvalue weighted by Crippen LogP contribution is 2.27. The molecule has 0 saturated carbocycles. The van der Waals surface area contributed by atoms with Crippen molar-refractivity contribution < 1.29 is 0 Å². The summed E-state index contributed by atoms with van der Waals surface area (Å²) in [7, 11) is 0. The van der Waals surface area contributed by atoms with Gasteiger partial charge in [-0.3, -0.25) is 9.97 Å². The normalized spacial score (nSPS) is 14.2. The molecule has 0 amide bonds. The van der Waals surface area contributed by atoms with Gasteiger partial charge in [-0.05, 0) is 24.3 Å². The third-order valence-electron chi connectivity index (χ3n) is 5.57. The lowest BCUT2D eigenvalue weighted by atomic mass is 10.2. The molecule has 0 atom stereocenters. The molecule has 1 fully saturated rings. The first-order valence-electron chi connectivity index (χ1n) is 10.4. The maximum atomic E-state index is 4.83. The van der Waals surface area contributed by atoms with E-state index in [0.29, 0.717) is 11.6 Å². The molecule has 0 radical (unpaired) electrons. The second kappa shape index (κ2) is 7.73. The van der Waals surface area contributed by atoms with Crippen LogP contribution >= 0.6 is 0 Å². The highest BCUT2D eigenvalue weighted by Gasteiger charge is 2.23. The Kier molecular flexibility index (Phi) is 4.45. The van der Waals surface area contributed by atoms with Crippen LogP contribution in [0.3, 0.4) is 0 Å². The van der Waals surface area contributed by atoms with Gasteiger partial charge in [0.25, 0.3) is 0 Å². The van der Waals surface area contributed by atoms with E-state index in [1.54, 1.807) is 31.1 Å². The number of piperazine rings is 1. The Morgan fingerprint density at radius 2 is 1.78 bits per heavy atom. The number of imidazole rings is 1. The first-order valence-corrected chi connectivity index (χ1v) is 10.4. The second-order valence-electron chi connectivity index (χ2n) is 7.54. The van der Waals surface area contributed by atoms with Crippen molar-refractivity contribution in [1.82, 2.24) is 34.9 Å². The number of pyridine rings is 1. The zero-order valence-electron chi connectivity index (χ0n) is 17.2. The van der Waals surface area contributed by atoms with Crippen molar-refractivity contribution >= 4 is 45.3 Å². The van der Waals surface area contributed by atoms with Crippen LogP contribution in [0.4, 0.5) is 23.3 Å². The van der Waals surface area contributed by atoms with E-state index in [9.17, 15) is 0 Å². The molecule has 5 aromatic rings. The number of nitrogens with zero attached hydrogens (tertiary/aromatic N) is 8. The number of anilines is 4. The topological polar surface area (TPSA) is 112 Å². The number of aromatic nitrogens is 7. The zero-order valence-corrected chi connectivity index (χ0v) is 17.2. The molecule has 10 heteroatoms. The van der Waals surface area contributed by atoms with Crippen LogP contribution in [0, 0.1) is 0 Å². The van der Waals surface area contributed by atoms with Gasteiger partial charge in [-0.25, -0.2) is 9.97 Å². The lowest BCUT2D eigenvalue weighted by Gasteiger charge is -2.35. The summed E-state index contributed by atoms with van der Waals surface area (Å²) in [6.45, 7) is 3.26. The number of nitrogens with one attached hydrogen (secondary N) is 2. The van der Waals surface area contributed by atoms with Crippen LogP contribution in [0.5, 0.6) is 0 Å². The Morgan fingerprint density at radius 1 is 0.875 bits per heavy atom. The third-order valence-corrected chi connectivity index (χ3v) is 5.57. The SMILES string of the molecule is c1cnc2ccc(Nc3nc(N4CCN(c5cnccn5)CC4)c4nc[nH]c4n3)cc2c1. The average Bonchev–Trinajstić information content (AvgIpc) is 3.33. The maximum absolute atomic E-state index is 4.83. The number of aromatic amines is 1. The van der Waals surface area contributed by atoms with Gasteiger partial charge in [0, 0.05) is 55.8 Å². The van der Waals surface area contributed by atoms with Gasteiger partial charge in [-0.1, -0.05) is 6.07 Å². The largest absolute Gasteiger partial charge is 0.352 e. The fourth-order valence-electron chi connectivity index (χ4n) is 3.98. The van der Waals surface area contributed by atoms with Crippen molar-refractivity contribution in [2.24, 2.45) is 0 Å². The van der Waals surface area contributed by atoms with E-state index in [1.165, 1.54) is 0 Å². The lowest BCUT2D eigenvalue weighted by Crippen LogP contribution is -2.47. The quantitative estimate of drug-likeness (QED) is 0.450. The monoisotopic (exact) mass is 424 g/mol. The van der Waals surface area contributed by atoms with Crippen molar-refractivity contribution in [3.05, 3.63) is 61.4 Å². The molecule has 158 valence electrons. The number of benzene rings is 1. The number of hydrogen-bond donors (Lipinski definition) is 2. The van der Waals surface area contributed by atoms with Crippen LogP contribution in [-0.4, -0.2) is 61.1 Å². The fourth-order valence-corrected chi connectivity index (χ4v) is 3.98. The third kappa shape index (κ3) is 3.41. The highest BCUT2D eigenvalue weighted by atomic mass is 15.3. The van der Waals surface area contributed by atoms with Crippen LogP contribution in [0.2, 0.25) is 0 Å². The van der Waals surface area contributed by atoms with E-state index in [-0.39, 0.29) is 0 Å². The first-order chi connectivity index (χ1) is 15.8. The van der Waals surface area contributed by atoms with E-state index in [1.807, 2.05) is 30.3 Å². The molecule has 0 bridgehead atoms. The highest BCUT2D eigenvalue weighted by molar-refractivity contribution is 5.86. The second-order valence-corrected chi connectivity index (χ2v) is 7.54. The summed E-state index contributed by atoms with van der Waals surface area (Å²) in [6, 6.07) is 9.98. The number of H-pyrrole nitrogens is 1. The minimum Gasteiger partial charge on any atom is -0.352 e. The fraction of sp³-hybridized carbons (Fsp3) is 0.182. The standard InChI is InChI=1S/C22H20N10/c1-2-15-12-16(3-4-17(15)24-5-1)28-22-29-20-19(26-14-27-20)21(30-22)32-10-8-31(9-11-32)18-13-23-6-7-25-18/h1-7,12-14H,8-11H2,(H2,26,27,28,29,30). The molecule has 1 aromatic carbocycles. The molecular formula is C22H20N10. The minimum absolute atomic E-state index is 0.524. The van der Waals surface area contributed by atoms with Gasteiger partial charge in [0.15, 0.2) is 17.0 Å². The van der Waals surface area contributed by atoms with Crippen LogP contribution in [0.1, 0.15) is 0 Å². The van der Waals surface area contributed by atoms with Crippen LogP contribution < -0.4 is 15.1 Å². The van der Waals surface area contributed by atoms with Gasteiger partial charge in [-0.2, -0.15) is 9.97 Å². The first kappa shape index (κ1) is 18.4. The molecule has 4 aromatic heterocycles. The van der Waals surface area contributed by atoms with Crippen LogP contribution in [0.25, 0.3) is 22.1 Å². The van der Waals surface area contributed by atoms with Crippen LogP contribution in [-0.2, 0) is 0 Å². The van der Waals surface area contributed by atoms with Crippen molar-refractivity contribution in [2.75, 3.05) is 41.3 Å². The predicted octanol–water partition coefficient (Wildman–Crippen LogP) is 2.76. The summed E-state index contributed by atoms with van der Waals surface area (Å²) in [4.78, 5) is 34.5. The summed E-state index contributed by atoms with van der Waals surface area (Å²) < 4.78 is 0. The van der Waals surface area contributed by atoms with Crippen molar-refractivity contribution in [1.29, 1.82) is 0 Å². The number of rotatable bonds is 4. The van der Waals surface area contributed by atoms with Gasteiger partial charge in [0.1, 0.15) is 5.82 Å². The summed E-state index contributed by atoms with van der Waals surface area (Å²) >= 11 is 0. The molecule has 0 spiro atoms. The Morgan fingerprint density at radius 3 is 2.66 bits per heavy atom. The Bertz CT molecular complexity index is 1380. The number of hydrogen-bond acceptors (Lipinski definition) is 9. The van der Waals surface area contributed by atoms with E-state index < -0.39 is 0 Å². The van der Waals surface area contributed by atoms with Gasteiger partial charge >= 0.3 is 0 Å². The van der Waals surface area contributed by atoms with E-state index >= 15 is 0 Å². The predicted molar refractivity (Wildman–Crippen MR) is 123 cm³/mol. The Labute approximate surface area is 183 Å². The molecule has 0 unspecified atom stereocenters. The van der Waals surface area contributed by atoms with E-state index in [2.05, 4.69) is 45.0 Å². The zero-order chi connectivity index (χ0) is 21.3. The van der Waals surface area contributed by atoms with Crippen molar-refractivity contribution in [3.8, 4) is 0 Å². The van der Waals surface area contributed by atoms with E-state index in [4.69, 9.17) is 4.98 Å². The van der Waals surface area contributed by atoms with Gasteiger partial charge in [-0.15, -0.1) is 0 Å². The molecule has 2 N–H and O–H groups in total. The van der Waals surface area contributed by atoms with Gasteiger partial charge in [0.05, 0.1) is 18.0 Å². The molecule has 1 saturated heterocycles. The smallest absolute Gasteiger partial charge is 0.231 e. The van der Waals surface area contributed by atoms with Gasteiger partial charge in [0.2, 0.25) is 5.95 Å². The van der Waals surface area contributed by atoms with Crippen molar-refractivity contribution in [3.63, 3.8) is 0 Å². The summed E-state index contributed by atoms with van der Waals surface area (Å²) in [5, 5.41) is 4.39. The average molecular weight is 424 g/mol. The number of fused-ring (bicyclic) bond motifs is 2. The summed E-state index contributed by atoms with van der Waals surface area (Å²) in [5.74, 6) is 2.24. The summed E-state index contributed by atoms with van der Waals surface area (Å²) in [6.07, 6.45) is 8.66. The molecule has 10 nitrogen and oxygen atoms in total. The molecule has 32 heavy (non-hydrogen) atoms. The van der Waals surface area contributed by atoms with E-state index in [0.717, 1.165) is 59.9 Å². The molecular weight excluding hydrogens is 404 g/mol. The molecule has 1 aliphatic rings. The minimum atomic E-state index is 0.524. The molecule has 6 rings (SSSR count). The Hall–Kier alpha value is -4.34. The summed E-state index contributed by atoms with van der Waals surface area (Å²) in [5.41, 5.74) is 3.33. The lowest BCUT2D eigenvalue weighted by molar-refractivity contribution is 0.642.